The van der Waals surface area contributed by atoms with Crippen LogP contribution >= 0.6 is 0 Å². The molecule has 2 heteroatoms. The summed E-state index contributed by atoms with van der Waals surface area (Å²) in [6.45, 7) is 3.87. The maximum atomic E-state index is 10.8. The fourth-order valence-electron chi connectivity index (χ4n) is 1.27. The van der Waals surface area contributed by atoms with Crippen molar-refractivity contribution in [2.45, 2.75) is 33.1 Å². The Morgan fingerprint density at radius 1 is 1.73 bits per heavy atom. The number of rotatable bonds is 1. The van der Waals surface area contributed by atoms with E-state index in [2.05, 4.69) is 6.92 Å². The highest BCUT2D eigenvalue weighted by molar-refractivity contribution is 5.74. The Labute approximate surface area is 66.9 Å². The minimum atomic E-state index is -0.666. The van der Waals surface area contributed by atoms with Crippen LogP contribution in [0.2, 0.25) is 0 Å². The van der Waals surface area contributed by atoms with Gasteiger partial charge in [0.1, 0.15) is 0 Å². The van der Waals surface area contributed by atoms with E-state index < -0.39 is 11.4 Å². The van der Waals surface area contributed by atoms with Gasteiger partial charge in [0.25, 0.3) is 0 Å². The summed E-state index contributed by atoms with van der Waals surface area (Å²) in [5, 5.41) is 8.85. The topological polar surface area (TPSA) is 37.3 Å². The number of allylic oxidation sites excluding steroid dienone is 2. The van der Waals surface area contributed by atoms with Gasteiger partial charge in [0.05, 0.1) is 5.41 Å². The van der Waals surface area contributed by atoms with Crippen LogP contribution in [0, 0.1) is 5.41 Å². The predicted molar refractivity (Wildman–Crippen MR) is 43.4 cm³/mol. The molecule has 0 spiro atoms. The van der Waals surface area contributed by atoms with Crippen molar-refractivity contribution in [3.05, 3.63) is 11.6 Å². The molecular formula is C9H14O2. The van der Waals surface area contributed by atoms with E-state index in [9.17, 15) is 4.79 Å². The first kappa shape index (κ1) is 8.31. The smallest absolute Gasteiger partial charge is 0.309 e. The Morgan fingerprint density at radius 3 is 2.73 bits per heavy atom. The molecule has 11 heavy (non-hydrogen) atoms. The molecule has 1 rings (SSSR count). The lowest BCUT2D eigenvalue weighted by atomic mass is 9.77. The van der Waals surface area contributed by atoms with Gasteiger partial charge < -0.3 is 5.11 Å². The predicted octanol–water partition coefficient (Wildman–Crippen LogP) is 2.21. The SMILES string of the molecule is CC1=CC[C@](C)(C(=O)O)CC1. The van der Waals surface area contributed by atoms with Crippen LogP contribution in [0.4, 0.5) is 0 Å². The van der Waals surface area contributed by atoms with Crippen molar-refractivity contribution in [1.82, 2.24) is 0 Å². The Bertz CT molecular complexity index is 206. The molecule has 62 valence electrons. The summed E-state index contributed by atoms with van der Waals surface area (Å²) in [5.74, 6) is -0.666. The first-order chi connectivity index (χ1) is 5.04. The summed E-state index contributed by atoms with van der Waals surface area (Å²) in [5.41, 5.74) is 0.822. The molecule has 1 N–H and O–H groups in total. The fraction of sp³-hybridized carbons (Fsp3) is 0.667. The van der Waals surface area contributed by atoms with Gasteiger partial charge in [-0.1, -0.05) is 11.6 Å². The van der Waals surface area contributed by atoms with Crippen molar-refractivity contribution in [1.29, 1.82) is 0 Å². The van der Waals surface area contributed by atoms with Crippen molar-refractivity contribution in [3.63, 3.8) is 0 Å². The van der Waals surface area contributed by atoms with Crippen LogP contribution in [0.25, 0.3) is 0 Å². The van der Waals surface area contributed by atoms with Gasteiger partial charge in [-0.25, -0.2) is 0 Å². The number of carboxylic acids is 1. The monoisotopic (exact) mass is 154 g/mol. The van der Waals surface area contributed by atoms with Gasteiger partial charge in [0.2, 0.25) is 0 Å². The minimum absolute atomic E-state index is 0.500. The second kappa shape index (κ2) is 2.68. The highest BCUT2D eigenvalue weighted by Crippen LogP contribution is 2.34. The summed E-state index contributed by atoms with van der Waals surface area (Å²) < 4.78 is 0. The van der Waals surface area contributed by atoms with Crippen LogP contribution in [-0.2, 0) is 4.79 Å². The molecule has 0 saturated heterocycles. The zero-order chi connectivity index (χ0) is 8.48. The third kappa shape index (κ3) is 1.62. The molecule has 0 radical (unpaired) electrons. The molecule has 1 aliphatic rings. The second-order valence-electron chi connectivity index (χ2n) is 3.62. The molecule has 0 aromatic rings. The van der Waals surface area contributed by atoms with E-state index >= 15 is 0 Å². The van der Waals surface area contributed by atoms with E-state index in [0.29, 0.717) is 6.42 Å². The zero-order valence-electron chi connectivity index (χ0n) is 7.05. The Morgan fingerprint density at radius 2 is 2.36 bits per heavy atom. The number of hydrogen-bond acceptors (Lipinski definition) is 1. The summed E-state index contributed by atoms with van der Waals surface area (Å²) in [6, 6.07) is 0. The van der Waals surface area contributed by atoms with E-state index in [4.69, 9.17) is 5.11 Å². The van der Waals surface area contributed by atoms with Gasteiger partial charge in [-0.15, -0.1) is 0 Å². The van der Waals surface area contributed by atoms with Crippen molar-refractivity contribution in [2.75, 3.05) is 0 Å². The summed E-state index contributed by atoms with van der Waals surface area (Å²) in [7, 11) is 0. The lowest BCUT2D eigenvalue weighted by Crippen LogP contribution is -2.28. The van der Waals surface area contributed by atoms with E-state index in [1.165, 1.54) is 5.57 Å². The third-order valence-electron chi connectivity index (χ3n) is 2.49. The number of carbonyl (C=O) groups is 1. The van der Waals surface area contributed by atoms with Gasteiger partial charge in [0.15, 0.2) is 0 Å². The number of hydrogen-bond donors (Lipinski definition) is 1. The molecule has 0 aromatic carbocycles. The number of carboxylic acid groups (broad SMARTS) is 1. The Balaban J connectivity index is 2.71. The van der Waals surface area contributed by atoms with Gasteiger partial charge in [-0.3, -0.25) is 4.79 Å². The molecule has 0 fully saturated rings. The standard InChI is InChI=1S/C9H14O2/c1-7-3-5-9(2,6-4-7)8(10)11/h3H,4-6H2,1-2H3,(H,10,11)/t9-/m0/s1. The van der Waals surface area contributed by atoms with E-state index in [0.717, 1.165) is 12.8 Å². The molecule has 2 nitrogen and oxygen atoms in total. The maximum Gasteiger partial charge on any atom is 0.309 e. The minimum Gasteiger partial charge on any atom is -0.481 e. The molecule has 0 saturated carbocycles. The quantitative estimate of drug-likeness (QED) is 0.588. The zero-order valence-corrected chi connectivity index (χ0v) is 7.05. The van der Waals surface area contributed by atoms with Gasteiger partial charge in [-0.2, -0.15) is 0 Å². The summed E-state index contributed by atoms with van der Waals surface area (Å²) >= 11 is 0. The summed E-state index contributed by atoms with van der Waals surface area (Å²) in [4.78, 5) is 10.8. The highest BCUT2D eigenvalue weighted by atomic mass is 16.4. The van der Waals surface area contributed by atoms with E-state index in [-0.39, 0.29) is 0 Å². The van der Waals surface area contributed by atoms with Crippen molar-refractivity contribution in [3.8, 4) is 0 Å². The largest absolute Gasteiger partial charge is 0.481 e. The molecule has 0 unspecified atom stereocenters. The maximum absolute atomic E-state index is 10.8. The van der Waals surface area contributed by atoms with E-state index in [1.807, 2.05) is 13.0 Å². The molecule has 0 aliphatic heterocycles. The normalized spacial score (nSPS) is 31.3. The average Bonchev–Trinajstić information content (AvgIpc) is 1.95. The first-order valence-corrected chi connectivity index (χ1v) is 3.94. The molecule has 0 heterocycles. The lowest BCUT2D eigenvalue weighted by molar-refractivity contribution is -0.148. The highest BCUT2D eigenvalue weighted by Gasteiger charge is 2.33. The van der Waals surface area contributed by atoms with Crippen LogP contribution in [0.3, 0.4) is 0 Å². The Hall–Kier alpha value is -0.790. The van der Waals surface area contributed by atoms with Gasteiger partial charge in [0, 0.05) is 0 Å². The number of aliphatic carboxylic acids is 1. The van der Waals surface area contributed by atoms with Crippen molar-refractivity contribution < 1.29 is 9.90 Å². The first-order valence-electron chi connectivity index (χ1n) is 3.94. The van der Waals surface area contributed by atoms with Crippen molar-refractivity contribution in [2.24, 2.45) is 5.41 Å². The third-order valence-corrected chi connectivity index (χ3v) is 2.49. The van der Waals surface area contributed by atoms with Crippen LogP contribution in [0.1, 0.15) is 33.1 Å². The fourth-order valence-corrected chi connectivity index (χ4v) is 1.27. The molecule has 1 atom stereocenters. The molecule has 0 aromatic heterocycles. The lowest BCUT2D eigenvalue weighted by Gasteiger charge is -2.27. The van der Waals surface area contributed by atoms with Crippen LogP contribution in [0.15, 0.2) is 11.6 Å². The van der Waals surface area contributed by atoms with Gasteiger partial charge >= 0.3 is 5.97 Å². The van der Waals surface area contributed by atoms with E-state index in [1.54, 1.807) is 0 Å². The second-order valence-corrected chi connectivity index (χ2v) is 3.62. The molecule has 1 aliphatic carbocycles. The molecule has 0 amide bonds. The van der Waals surface area contributed by atoms with Crippen LogP contribution < -0.4 is 0 Å². The van der Waals surface area contributed by atoms with Crippen molar-refractivity contribution >= 4 is 5.97 Å². The van der Waals surface area contributed by atoms with Gasteiger partial charge in [-0.05, 0) is 33.1 Å². The summed E-state index contributed by atoms with van der Waals surface area (Å²) in [6.07, 6.45) is 4.44. The van der Waals surface area contributed by atoms with Crippen LogP contribution in [-0.4, -0.2) is 11.1 Å². The average molecular weight is 154 g/mol. The van der Waals surface area contributed by atoms with Crippen LogP contribution in [0.5, 0.6) is 0 Å². The Kier molecular flexibility index (Phi) is 2.03. The molecular weight excluding hydrogens is 140 g/mol. The molecule has 0 bridgehead atoms.